The number of likely N-dealkylation sites (tertiary alicyclic amines) is 1. The number of nitrogens with zero attached hydrogens (tertiary/aromatic N) is 2. The van der Waals surface area contributed by atoms with Crippen LogP contribution in [0.4, 0.5) is 0 Å². The van der Waals surface area contributed by atoms with Crippen molar-refractivity contribution in [3.8, 4) is 0 Å². The lowest BCUT2D eigenvalue weighted by molar-refractivity contribution is -0.144. The lowest BCUT2D eigenvalue weighted by atomic mass is 9.85. The third-order valence-electron chi connectivity index (χ3n) is 8.70. The molecule has 3 aliphatic rings. The van der Waals surface area contributed by atoms with E-state index in [4.69, 9.17) is 0 Å². The summed E-state index contributed by atoms with van der Waals surface area (Å²) in [5.41, 5.74) is 2.45. The molecule has 0 bridgehead atoms. The van der Waals surface area contributed by atoms with Gasteiger partial charge in [-0.15, -0.1) is 0 Å². The van der Waals surface area contributed by atoms with Crippen LogP contribution in [-0.2, 0) is 11.2 Å². The fourth-order valence-electron chi connectivity index (χ4n) is 6.52. The van der Waals surface area contributed by atoms with Crippen molar-refractivity contribution in [1.82, 2.24) is 9.88 Å². The zero-order chi connectivity index (χ0) is 22.6. The molecule has 5 rings (SSSR count). The van der Waals surface area contributed by atoms with Gasteiger partial charge in [0.2, 0.25) is 0 Å². The first-order valence-corrected chi connectivity index (χ1v) is 13.4. The second-order valence-corrected chi connectivity index (χ2v) is 11.2. The van der Waals surface area contributed by atoms with E-state index in [9.17, 15) is 9.90 Å². The fourth-order valence-corrected chi connectivity index (χ4v) is 6.52. The average Bonchev–Trinajstić information content (AvgIpc) is 3.54. The van der Waals surface area contributed by atoms with Gasteiger partial charge in [-0.3, -0.25) is 9.78 Å². The summed E-state index contributed by atoms with van der Waals surface area (Å²) in [6, 6.07) is 10.7. The standard InChI is InChI=1S/C29H40N2O2/c32-29(33)27(18-22-8-9-22)25-11-10-24(17-25)20-31-14-12-21(13-15-31)4-3-5-23-16-26-6-1-2-7-28(26)30-19-23/h1-2,6-7,16,19,21-22,24-25,27H,3-5,8-15,17-18,20H2,(H,32,33). The van der Waals surface area contributed by atoms with E-state index in [-0.39, 0.29) is 5.92 Å². The molecule has 1 N–H and O–H groups in total. The number of benzene rings is 1. The minimum atomic E-state index is -0.534. The molecule has 1 aromatic heterocycles. The highest BCUT2D eigenvalue weighted by molar-refractivity contribution is 5.78. The number of carboxylic acid groups (broad SMARTS) is 1. The van der Waals surface area contributed by atoms with Gasteiger partial charge in [-0.05, 0) is 106 Å². The fraction of sp³-hybridized carbons (Fsp3) is 0.655. The van der Waals surface area contributed by atoms with E-state index in [1.165, 1.54) is 75.5 Å². The molecule has 0 spiro atoms. The number of piperidine rings is 1. The highest BCUT2D eigenvalue weighted by Crippen LogP contribution is 2.43. The van der Waals surface area contributed by atoms with Gasteiger partial charge >= 0.3 is 5.97 Å². The van der Waals surface area contributed by atoms with E-state index in [1.54, 1.807) is 0 Å². The molecule has 1 aliphatic heterocycles. The summed E-state index contributed by atoms with van der Waals surface area (Å²) >= 11 is 0. The molecule has 2 heterocycles. The van der Waals surface area contributed by atoms with Crippen LogP contribution in [0, 0.1) is 29.6 Å². The number of fused-ring (bicyclic) bond motifs is 1. The Morgan fingerprint density at radius 2 is 1.82 bits per heavy atom. The monoisotopic (exact) mass is 448 g/mol. The van der Waals surface area contributed by atoms with Crippen LogP contribution in [0.25, 0.3) is 10.9 Å². The van der Waals surface area contributed by atoms with Gasteiger partial charge in [0.25, 0.3) is 0 Å². The van der Waals surface area contributed by atoms with Gasteiger partial charge in [-0.1, -0.05) is 37.5 Å². The molecule has 1 saturated heterocycles. The molecule has 4 nitrogen and oxygen atoms in total. The van der Waals surface area contributed by atoms with Crippen LogP contribution in [0.15, 0.2) is 36.5 Å². The van der Waals surface area contributed by atoms with Gasteiger partial charge in [0.1, 0.15) is 0 Å². The SMILES string of the molecule is O=C(O)C(CC1CC1)C1CCC(CN2CCC(CCCc3cnc4ccccc4c3)CC2)C1. The number of aliphatic carboxylic acids is 1. The molecule has 3 unspecified atom stereocenters. The number of carboxylic acids is 1. The molecule has 4 heteroatoms. The van der Waals surface area contributed by atoms with Crippen LogP contribution in [0.2, 0.25) is 0 Å². The van der Waals surface area contributed by atoms with Gasteiger partial charge < -0.3 is 10.0 Å². The molecule has 2 saturated carbocycles. The Hall–Kier alpha value is -1.94. The van der Waals surface area contributed by atoms with Gasteiger partial charge in [0.15, 0.2) is 0 Å². The van der Waals surface area contributed by atoms with E-state index in [0.717, 1.165) is 37.1 Å². The number of aromatic nitrogens is 1. The molecular weight excluding hydrogens is 408 g/mol. The van der Waals surface area contributed by atoms with Crippen LogP contribution in [0.1, 0.15) is 69.8 Å². The number of pyridine rings is 1. The Morgan fingerprint density at radius 1 is 1.03 bits per heavy atom. The minimum Gasteiger partial charge on any atom is -0.481 e. The van der Waals surface area contributed by atoms with Crippen molar-refractivity contribution < 1.29 is 9.90 Å². The maximum atomic E-state index is 11.8. The summed E-state index contributed by atoms with van der Waals surface area (Å²) in [5.74, 6) is 2.10. The lowest BCUT2D eigenvalue weighted by Gasteiger charge is -2.33. The first kappa shape index (κ1) is 22.8. The molecule has 2 aliphatic carbocycles. The van der Waals surface area contributed by atoms with Crippen molar-refractivity contribution in [3.63, 3.8) is 0 Å². The van der Waals surface area contributed by atoms with Crippen molar-refractivity contribution in [1.29, 1.82) is 0 Å². The largest absolute Gasteiger partial charge is 0.481 e. The van der Waals surface area contributed by atoms with Crippen LogP contribution < -0.4 is 0 Å². The quantitative estimate of drug-likeness (QED) is 0.471. The molecule has 0 amide bonds. The molecular formula is C29H40N2O2. The number of rotatable bonds is 10. The second kappa shape index (κ2) is 10.5. The van der Waals surface area contributed by atoms with Gasteiger partial charge in [0, 0.05) is 18.1 Å². The van der Waals surface area contributed by atoms with Gasteiger partial charge in [-0.2, -0.15) is 0 Å². The van der Waals surface area contributed by atoms with E-state index < -0.39 is 5.97 Å². The molecule has 178 valence electrons. The lowest BCUT2D eigenvalue weighted by Crippen LogP contribution is -2.37. The third-order valence-corrected chi connectivity index (χ3v) is 8.70. The van der Waals surface area contributed by atoms with E-state index in [1.807, 2.05) is 6.07 Å². The molecule has 3 fully saturated rings. The topological polar surface area (TPSA) is 53.4 Å². The average molecular weight is 449 g/mol. The molecule has 3 atom stereocenters. The Morgan fingerprint density at radius 3 is 2.61 bits per heavy atom. The van der Waals surface area contributed by atoms with E-state index in [2.05, 4.69) is 40.3 Å². The van der Waals surface area contributed by atoms with Crippen LogP contribution in [-0.4, -0.2) is 40.6 Å². The Balaban J connectivity index is 1.01. The van der Waals surface area contributed by atoms with Crippen molar-refractivity contribution in [2.45, 2.75) is 70.6 Å². The maximum absolute atomic E-state index is 11.8. The Kier molecular flexibility index (Phi) is 7.30. The molecule has 0 radical (unpaired) electrons. The van der Waals surface area contributed by atoms with Crippen molar-refractivity contribution in [2.24, 2.45) is 29.6 Å². The smallest absolute Gasteiger partial charge is 0.306 e. The zero-order valence-electron chi connectivity index (χ0n) is 20.0. The van der Waals surface area contributed by atoms with Crippen LogP contribution in [0.5, 0.6) is 0 Å². The minimum absolute atomic E-state index is 0.0777. The highest BCUT2D eigenvalue weighted by atomic mass is 16.4. The van der Waals surface area contributed by atoms with Crippen molar-refractivity contribution in [2.75, 3.05) is 19.6 Å². The summed E-state index contributed by atoms with van der Waals surface area (Å²) in [6.07, 6.45) is 15.4. The number of hydrogen-bond acceptors (Lipinski definition) is 3. The van der Waals surface area contributed by atoms with Crippen molar-refractivity contribution >= 4 is 16.9 Å². The predicted octanol–water partition coefficient (Wildman–Crippen LogP) is 6.19. The number of aryl methyl sites for hydroxylation is 1. The summed E-state index contributed by atoms with van der Waals surface area (Å²) in [7, 11) is 0. The third kappa shape index (κ3) is 6.15. The number of hydrogen-bond donors (Lipinski definition) is 1. The highest BCUT2D eigenvalue weighted by Gasteiger charge is 2.38. The summed E-state index contributed by atoms with van der Waals surface area (Å²) in [6.45, 7) is 3.66. The maximum Gasteiger partial charge on any atom is 0.306 e. The predicted molar refractivity (Wildman–Crippen MR) is 133 cm³/mol. The Bertz CT molecular complexity index is 932. The summed E-state index contributed by atoms with van der Waals surface area (Å²) < 4.78 is 0. The first-order valence-electron chi connectivity index (χ1n) is 13.4. The zero-order valence-corrected chi connectivity index (χ0v) is 20.0. The number of para-hydroxylation sites is 1. The first-order chi connectivity index (χ1) is 16.1. The summed E-state index contributed by atoms with van der Waals surface area (Å²) in [5, 5.41) is 11.0. The summed E-state index contributed by atoms with van der Waals surface area (Å²) in [4.78, 5) is 19.1. The Labute approximate surface area is 198 Å². The molecule has 2 aromatic rings. The van der Waals surface area contributed by atoms with E-state index in [0.29, 0.717) is 17.8 Å². The van der Waals surface area contributed by atoms with Gasteiger partial charge in [0.05, 0.1) is 11.4 Å². The van der Waals surface area contributed by atoms with Crippen molar-refractivity contribution in [3.05, 3.63) is 42.1 Å². The van der Waals surface area contributed by atoms with E-state index >= 15 is 0 Å². The molecule has 33 heavy (non-hydrogen) atoms. The number of carbonyl (C=O) groups is 1. The molecule has 1 aromatic carbocycles. The normalized spacial score (nSPS) is 25.5. The van der Waals surface area contributed by atoms with Crippen LogP contribution in [0.3, 0.4) is 0 Å². The second-order valence-electron chi connectivity index (χ2n) is 11.2. The van der Waals surface area contributed by atoms with Crippen LogP contribution >= 0.6 is 0 Å². The van der Waals surface area contributed by atoms with Gasteiger partial charge in [-0.25, -0.2) is 0 Å².